The third-order valence-electron chi connectivity index (χ3n) is 6.81. The van der Waals surface area contributed by atoms with Gasteiger partial charge in [-0.05, 0) is 71.1 Å². The first-order valence-corrected chi connectivity index (χ1v) is 12.0. The molecule has 6 aromatic rings. The number of nitrogens with zero attached hydrogens (tertiary/aromatic N) is 2. The number of imidazole rings is 1. The lowest BCUT2D eigenvalue weighted by molar-refractivity contribution is -0.633. The van der Waals surface area contributed by atoms with E-state index >= 15 is 0 Å². The van der Waals surface area contributed by atoms with Crippen LogP contribution in [0.2, 0.25) is 0 Å². The molecule has 0 saturated carbocycles. The van der Waals surface area contributed by atoms with Gasteiger partial charge in [-0.3, -0.25) is 0 Å². The normalized spacial score (nSPS) is 11.1. The molecule has 0 radical (unpaired) electrons. The summed E-state index contributed by atoms with van der Waals surface area (Å²) in [7, 11) is 2.18. The molecule has 2 nitrogen and oxygen atoms in total. The highest BCUT2D eigenvalue weighted by Gasteiger charge is 2.27. The molecule has 0 aliphatic carbocycles. The van der Waals surface area contributed by atoms with Crippen LogP contribution in [-0.2, 0) is 7.05 Å². The third kappa shape index (κ3) is 3.74. The maximum absolute atomic E-state index is 2.39. The number of aromatic nitrogens is 2. The fourth-order valence-electron chi connectivity index (χ4n) is 4.98. The standard InChI is InChI=1S/C33H27N2/c1-24-18-19-27(25-12-6-3-7-13-25)22-30(24)33-34(2)32-23-28(26-14-8-4-9-15-26)20-21-31(32)35(33)29-16-10-5-11-17-29/h3-23H,1-2H3/q+1. The van der Waals surface area contributed by atoms with Crippen LogP contribution in [0.4, 0.5) is 0 Å². The molecule has 0 fully saturated rings. The van der Waals surface area contributed by atoms with Gasteiger partial charge in [-0.15, -0.1) is 0 Å². The fourth-order valence-corrected chi connectivity index (χ4v) is 4.98. The molecule has 5 aromatic carbocycles. The number of fused-ring (bicyclic) bond motifs is 1. The minimum atomic E-state index is 1.16. The van der Waals surface area contributed by atoms with Gasteiger partial charge in [0.05, 0.1) is 12.6 Å². The first-order valence-electron chi connectivity index (χ1n) is 12.0. The summed E-state index contributed by atoms with van der Waals surface area (Å²) in [5.74, 6) is 1.17. The second kappa shape index (κ2) is 8.73. The number of hydrogen-bond donors (Lipinski definition) is 0. The van der Waals surface area contributed by atoms with E-state index in [1.807, 2.05) is 0 Å². The van der Waals surface area contributed by atoms with Crippen LogP contribution in [0, 0.1) is 6.92 Å². The monoisotopic (exact) mass is 451 g/mol. The Labute approximate surface area is 206 Å². The van der Waals surface area contributed by atoms with Crippen LogP contribution in [0.25, 0.3) is 50.4 Å². The van der Waals surface area contributed by atoms with Crippen molar-refractivity contribution in [1.82, 2.24) is 4.57 Å². The smallest absolute Gasteiger partial charge is 0.225 e. The number of para-hydroxylation sites is 1. The van der Waals surface area contributed by atoms with E-state index in [2.05, 4.69) is 150 Å². The van der Waals surface area contributed by atoms with Crippen LogP contribution in [-0.4, -0.2) is 4.57 Å². The van der Waals surface area contributed by atoms with Crippen LogP contribution < -0.4 is 4.57 Å². The predicted octanol–water partition coefficient (Wildman–Crippen LogP) is 7.76. The van der Waals surface area contributed by atoms with Gasteiger partial charge >= 0.3 is 0 Å². The summed E-state index contributed by atoms with van der Waals surface area (Å²) < 4.78 is 4.73. The van der Waals surface area contributed by atoms with Gasteiger partial charge in [0.2, 0.25) is 0 Å². The van der Waals surface area contributed by atoms with Gasteiger partial charge in [0.1, 0.15) is 5.69 Å². The second-order valence-electron chi connectivity index (χ2n) is 9.02. The zero-order chi connectivity index (χ0) is 23.8. The molecule has 0 saturated heterocycles. The second-order valence-corrected chi connectivity index (χ2v) is 9.02. The van der Waals surface area contributed by atoms with Crippen LogP contribution in [0.15, 0.2) is 127 Å². The van der Waals surface area contributed by atoms with E-state index in [4.69, 9.17) is 0 Å². The van der Waals surface area contributed by atoms with E-state index in [0.717, 1.165) is 5.69 Å². The first-order chi connectivity index (χ1) is 17.2. The number of aryl methyl sites for hydroxylation is 2. The Hall–Kier alpha value is -4.43. The van der Waals surface area contributed by atoms with Crippen molar-refractivity contribution < 1.29 is 4.57 Å². The zero-order valence-electron chi connectivity index (χ0n) is 20.0. The summed E-state index contributed by atoms with van der Waals surface area (Å²) in [6.45, 7) is 2.20. The first kappa shape index (κ1) is 21.1. The molecular weight excluding hydrogens is 424 g/mol. The molecular formula is C33H27N2+. The predicted molar refractivity (Wildman–Crippen MR) is 145 cm³/mol. The van der Waals surface area contributed by atoms with Gasteiger partial charge in [-0.2, -0.15) is 4.57 Å². The topological polar surface area (TPSA) is 8.81 Å². The van der Waals surface area contributed by atoms with Gasteiger partial charge in [-0.25, -0.2) is 4.57 Å². The number of benzene rings is 5. The van der Waals surface area contributed by atoms with Gasteiger partial charge in [0, 0.05) is 0 Å². The van der Waals surface area contributed by atoms with E-state index in [0.29, 0.717) is 0 Å². The molecule has 0 atom stereocenters. The Bertz CT molecular complexity index is 1630. The molecule has 0 unspecified atom stereocenters. The average Bonchev–Trinajstić information content (AvgIpc) is 3.22. The maximum Gasteiger partial charge on any atom is 0.295 e. The molecule has 0 amide bonds. The van der Waals surface area contributed by atoms with Crippen molar-refractivity contribution in [2.75, 3.05) is 0 Å². The molecule has 0 N–H and O–H groups in total. The van der Waals surface area contributed by atoms with Gasteiger partial charge < -0.3 is 0 Å². The van der Waals surface area contributed by atoms with Crippen LogP contribution >= 0.6 is 0 Å². The Kier molecular flexibility index (Phi) is 5.27. The SMILES string of the molecule is Cc1ccc(-c2ccccc2)cc1-c1n(-c2ccccc2)c2ccc(-c3ccccc3)cc2[n+]1C. The molecule has 6 rings (SSSR count). The van der Waals surface area contributed by atoms with E-state index in [1.54, 1.807) is 0 Å². The highest BCUT2D eigenvalue weighted by Crippen LogP contribution is 2.33. The van der Waals surface area contributed by atoms with Crippen molar-refractivity contribution in [2.24, 2.45) is 7.05 Å². The summed E-state index contributed by atoms with van der Waals surface area (Å²) in [4.78, 5) is 0. The van der Waals surface area contributed by atoms with Crippen molar-refractivity contribution >= 4 is 11.0 Å². The van der Waals surface area contributed by atoms with Crippen molar-refractivity contribution in [2.45, 2.75) is 6.92 Å². The third-order valence-corrected chi connectivity index (χ3v) is 6.81. The van der Waals surface area contributed by atoms with Crippen LogP contribution in [0.1, 0.15) is 5.56 Å². The van der Waals surface area contributed by atoms with E-state index < -0.39 is 0 Å². The maximum atomic E-state index is 2.39. The molecule has 0 aliphatic rings. The molecule has 1 heterocycles. The molecule has 35 heavy (non-hydrogen) atoms. The van der Waals surface area contributed by atoms with E-state index in [9.17, 15) is 0 Å². The minimum absolute atomic E-state index is 1.16. The van der Waals surface area contributed by atoms with Gasteiger partial charge in [0.15, 0.2) is 11.0 Å². The largest absolute Gasteiger partial charge is 0.295 e. The summed E-state index contributed by atoms with van der Waals surface area (Å²) in [5.41, 5.74) is 10.9. The van der Waals surface area contributed by atoms with Crippen molar-refractivity contribution in [3.63, 3.8) is 0 Å². The Morgan fingerprint density at radius 2 is 1.09 bits per heavy atom. The zero-order valence-corrected chi connectivity index (χ0v) is 20.0. The molecule has 0 bridgehead atoms. The lowest BCUT2D eigenvalue weighted by Gasteiger charge is -2.09. The Morgan fingerprint density at radius 3 is 1.71 bits per heavy atom. The minimum Gasteiger partial charge on any atom is -0.225 e. The summed E-state index contributed by atoms with van der Waals surface area (Å²) in [6, 6.07) is 45.4. The summed E-state index contributed by atoms with van der Waals surface area (Å²) in [6.07, 6.45) is 0. The molecule has 2 heteroatoms. The lowest BCUT2D eigenvalue weighted by Crippen LogP contribution is -2.30. The summed E-state index contributed by atoms with van der Waals surface area (Å²) in [5, 5.41) is 0. The molecule has 1 aromatic heterocycles. The van der Waals surface area contributed by atoms with Gasteiger partial charge in [-0.1, -0.05) is 91.0 Å². The fraction of sp³-hybridized carbons (Fsp3) is 0.0606. The van der Waals surface area contributed by atoms with Crippen molar-refractivity contribution in [1.29, 1.82) is 0 Å². The lowest BCUT2D eigenvalue weighted by atomic mass is 9.99. The quantitative estimate of drug-likeness (QED) is 0.242. The Morgan fingerprint density at radius 1 is 0.543 bits per heavy atom. The summed E-state index contributed by atoms with van der Waals surface area (Å²) >= 11 is 0. The molecule has 0 aliphatic heterocycles. The highest BCUT2D eigenvalue weighted by atomic mass is 15.2. The van der Waals surface area contributed by atoms with E-state index in [1.165, 1.54) is 50.2 Å². The highest BCUT2D eigenvalue weighted by molar-refractivity contribution is 5.85. The van der Waals surface area contributed by atoms with E-state index in [-0.39, 0.29) is 0 Å². The average molecular weight is 452 g/mol. The van der Waals surface area contributed by atoms with Gasteiger partial charge in [0.25, 0.3) is 5.82 Å². The molecule has 168 valence electrons. The number of rotatable bonds is 4. The molecule has 0 spiro atoms. The Balaban J connectivity index is 1.64. The van der Waals surface area contributed by atoms with Crippen LogP contribution in [0.5, 0.6) is 0 Å². The van der Waals surface area contributed by atoms with Crippen LogP contribution in [0.3, 0.4) is 0 Å². The number of hydrogen-bond acceptors (Lipinski definition) is 0. The van der Waals surface area contributed by atoms with Crippen molar-refractivity contribution in [3.8, 4) is 39.3 Å². The van der Waals surface area contributed by atoms with Crippen molar-refractivity contribution in [3.05, 3.63) is 133 Å².